The molecule has 0 bridgehead atoms. The maximum atomic E-state index is 5.02. The van der Waals surface area contributed by atoms with Gasteiger partial charge in [0.25, 0.3) is 0 Å². The van der Waals surface area contributed by atoms with Gasteiger partial charge in [-0.05, 0) is 54.5 Å². The third-order valence-electron chi connectivity index (χ3n) is 6.55. The summed E-state index contributed by atoms with van der Waals surface area (Å²) in [4.78, 5) is 7.48. The maximum absolute atomic E-state index is 5.02. The van der Waals surface area contributed by atoms with E-state index in [0.29, 0.717) is 0 Å². The van der Waals surface area contributed by atoms with Gasteiger partial charge in [-0.3, -0.25) is 0 Å². The molecule has 0 saturated heterocycles. The van der Waals surface area contributed by atoms with Gasteiger partial charge in [0, 0.05) is 49.8 Å². The Morgan fingerprint density at radius 1 is 1.13 bits per heavy atom. The first kappa shape index (κ1) is 19.2. The van der Waals surface area contributed by atoms with E-state index in [4.69, 9.17) is 4.98 Å². The van der Waals surface area contributed by atoms with Crippen molar-refractivity contribution in [1.29, 1.82) is 0 Å². The molecule has 4 radical (unpaired) electrons. The quantitative estimate of drug-likeness (QED) is 0.589. The molecule has 2 aliphatic rings. The third kappa shape index (κ3) is 3.17. The second-order valence-electron chi connectivity index (χ2n) is 8.24. The SMILES string of the molecule is CCc1cnc(N2CCc3ccccc3C2)c2c1c(C)c(C)n2CC1=CC=C[C][C]1. The van der Waals surface area contributed by atoms with Crippen LogP contribution in [-0.2, 0) is 25.9 Å². The van der Waals surface area contributed by atoms with Crippen molar-refractivity contribution in [2.75, 3.05) is 11.4 Å². The smallest absolute Gasteiger partial charge is 0.153 e. The number of aromatic nitrogens is 2. The standard InChI is InChI=1S/C27H27N3/c1-4-22-16-28-27(29-15-14-23-12-8-9-13-24(23)18-29)26-25(22)19(2)20(3)30(26)17-21-10-6-5-7-11-21/h5-6,8-10,12-13,16H,4,14-15,17-18H2,1-3H3. The van der Waals surface area contributed by atoms with Crippen molar-refractivity contribution in [3.63, 3.8) is 0 Å². The average molecular weight is 394 g/mol. The van der Waals surface area contributed by atoms with Gasteiger partial charge in [-0.1, -0.05) is 49.4 Å². The van der Waals surface area contributed by atoms with E-state index >= 15 is 0 Å². The fraction of sp³-hybridized carbons (Fsp3) is 0.296. The zero-order chi connectivity index (χ0) is 20.7. The van der Waals surface area contributed by atoms with E-state index in [1.54, 1.807) is 0 Å². The first-order chi connectivity index (χ1) is 14.7. The lowest BCUT2D eigenvalue weighted by atomic mass is 9.99. The van der Waals surface area contributed by atoms with Gasteiger partial charge in [-0.2, -0.15) is 0 Å². The second kappa shape index (κ2) is 7.79. The molecule has 5 rings (SSSR count). The summed E-state index contributed by atoms with van der Waals surface area (Å²) in [6.45, 7) is 9.41. The molecule has 0 spiro atoms. The van der Waals surface area contributed by atoms with Crippen molar-refractivity contribution in [3.8, 4) is 0 Å². The molecule has 0 atom stereocenters. The van der Waals surface area contributed by atoms with Gasteiger partial charge in [-0.15, -0.1) is 0 Å². The Kier molecular flexibility index (Phi) is 4.98. The summed E-state index contributed by atoms with van der Waals surface area (Å²) < 4.78 is 2.44. The minimum Gasteiger partial charge on any atom is -0.350 e. The van der Waals surface area contributed by atoms with Crippen LogP contribution in [0.5, 0.6) is 0 Å². The third-order valence-corrected chi connectivity index (χ3v) is 6.55. The van der Waals surface area contributed by atoms with Gasteiger partial charge in [0.2, 0.25) is 0 Å². The van der Waals surface area contributed by atoms with Crippen molar-refractivity contribution in [1.82, 2.24) is 9.55 Å². The number of allylic oxidation sites excluding steroid dienone is 4. The highest BCUT2D eigenvalue weighted by Crippen LogP contribution is 2.37. The molecule has 30 heavy (non-hydrogen) atoms. The number of benzene rings is 1. The largest absolute Gasteiger partial charge is 0.350 e. The topological polar surface area (TPSA) is 21.1 Å². The molecule has 3 heteroatoms. The molecule has 3 heterocycles. The molecule has 3 nitrogen and oxygen atoms in total. The van der Waals surface area contributed by atoms with Crippen molar-refractivity contribution < 1.29 is 0 Å². The number of hydrogen-bond donors (Lipinski definition) is 0. The zero-order valence-corrected chi connectivity index (χ0v) is 18.0. The van der Waals surface area contributed by atoms with Crippen LogP contribution in [0.25, 0.3) is 10.9 Å². The van der Waals surface area contributed by atoms with E-state index in [1.807, 2.05) is 12.2 Å². The monoisotopic (exact) mass is 393 g/mol. The summed E-state index contributed by atoms with van der Waals surface area (Å²) in [5, 5.41) is 1.37. The van der Waals surface area contributed by atoms with Crippen LogP contribution in [-0.4, -0.2) is 16.1 Å². The van der Waals surface area contributed by atoms with Crippen LogP contribution in [0.4, 0.5) is 5.82 Å². The molecule has 0 fully saturated rings. The molecule has 1 aliphatic heterocycles. The Labute approximate surface area is 179 Å². The van der Waals surface area contributed by atoms with E-state index in [0.717, 1.165) is 43.9 Å². The van der Waals surface area contributed by atoms with Crippen molar-refractivity contribution >= 4 is 16.7 Å². The van der Waals surface area contributed by atoms with Crippen molar-refractivity contribution in [3.05, 3.63) is 95.1 Å². The molecule has 0 unspecified atom stereocenters. The Morgan fingerprint density at radius 3 is 2.73 bits per heavy atom. The van der Waals surface area contributed by atoms with Gasteiger partial charge < -0.3 is 9.47 Å². The highest BCUT2D eigenvalue weighted by Gasteiger charge is 2.24. The summed E-state index contributed by atoms with van der Waals surface area (Å²) in [7, 11) is 0. The summed E-state index contributed by atoms with van der Waals surface area (Å²) in [5.41, 5.74) is 9.29. The van der Waals surface area contributed by atoms with Crippen LogP contribution in [0.1, 0.15) is 34.9 Å². The lowest BCUT2D eigenvalue weighted by molar-refractivity contribution is 0.716. The number of nitrogens with zero attached hydrogens (tertiary/aromatic N) is 3. The summed E-state index contributed by atoms with van der Waals surface area (Å²) in [6.07, 6.45) is 16.6. The number of hydrogen-bond acceptors (Lipinski definition) is 2. The highest BCUT2D eigenvalue weighted by atomic mass is 15.2. The zero-order valence-electron chi connectivity index (χ0n) is 18.0. The Hall–Kier alpha value is -2.81. The molecule has 1 aliphatic carbocycles. The molecule has 3 aromatic rings. The van der Waals surface area contributed by atoms with E-state index in [-0.39, 0.29) is 0 Å². The predicted octanol–water partition coefficient (Wildman–Crippen LogP) is 5.44. The molecule has 0 saturated carbocycles. The number of anilines is 1. The van der Waals surface area contributed by atoms with E-state index in [9.17, 15) is 0 Å². The van der Waals surface area contributed by atoms with Crippen LogP contribution in [0.2, 0.25) is 0 Å². The van der Waals surface area contributed by atoms with Crippen LogP contribution < -0.4 is 4.90 Å². The lowest BCUT2D eigenvalue weighted by Gasteiger charge is -2.31. The van der Waals surface area contributed by atoms with Gasteiger partial charge >= 0.3 is 0 Å². The van der Waals surface area contributed by atoms with Crippen LogP contribution >= 0.6 is 0 Å². The molecule has 0 N–H and O–H groups in total. The first-order valence-corrected chi connectivity index (χ1v) is 10.8. The molecule has 1 aromatic carbocycles. The Balaban J connectivity index is 1.66. The summed E-state index contributed by atoms with van der Waals surface area (Å²) in [6, 6.07) is 8.80. The normalized spacial score (nSPS) is 16.1. The molecular formula is C27H27N3. The van der Waals surface area contributed by atoms with Crippen molar-refractivity contribution in [2.45, 2.75) is 46.7 Å². The van der Waals surface area contributed by atoms with Crippen LogP contribution in [0, 0.1) is 26.7 Å². The van der Waals surface area contributed by atoms with Gasteiger partial charge in [0.1, 0.15) is 0 Å². The predicted molar refractivity (Wildman–Crippen MR) is 123 cm³/mol. The van der Waals surface area contributed by atoms with Gasteiger partial charge in [0.05, 0.1) is 5.52 Å². The highest BCUT2D eigenvalue weighted by molar-refractivity contribution is 5.96. The van der Waals surface area contributed by atoms with Crippen LogP contribution in [0.3, 0.4) is 0 Å². The minimum absolute atomic E-state index is 0.791. The maximum Gasteiger partial charge on any atom is 0.153 e. The molecule has 0 amide bonds. The second-order valence-corrected chi connectivity index (χ2v) is 8.24. The minimum atomic E-state index is 0.791. The number of pyridine rings is 1. The summed E-state index contributed by atoms with van der Waals surface area (Å²) in [5.74, 6) is 1.10. The van der Waals surface area contributed by atoms with Crippen LogP contribution in [0.15, 0.2) is 54.3 Å². The van der Waals surface area contributed by atoms with Crippen molar-refractivity contribution in [2.24, 2.45) is 0 Å². The number of rotatable bonds is 4. The lowest BCUT2D eigenvalue weighted by Crippen LogP contribution is -2.31. The Bertz CT molecular complexity index is 1160. The number of aryl methyl sites for hydroxylation is 2. The first-order valence-electron chi connectivity index (χ1n) is 10.8. The van der Waals surface area contributed by atoms with E-state index in [1.165, 1.54) is 38.9 Å². The number of fused-ring (bicyclic) bond motifs is 2. The van der Waals surface area contributed by atoms with E-state index < -0.39 is 0 Å². The summed E-state index contributed by atoms with van der Waals surface area (Å²) >= 11 is 0. The molecular weight excluding hydrogens is 366 g/mol. The van der Waals surface area contributed by atoms with Gasteiger partial charge in [-0.25, -0.2) is 4.98 Å². The Morgan fingerprint density at radius 2 is 1.97 bits per heavy atom. The van der Waals surface area contributed by atoms with Gasteiger partial charge in [0.15, 0.2) is 5.82 Å². The average Bonchev–Trinajstić information content (AvgIpc) is 3.04. The molecule has 150 valence electrons. The fourth-order valence-corrected chi connectivity index (χ4v) is 4.78. The molecule has 2 aromatic heterocycles. The fourth-order valence-electron chi connectivity index (χ4n) is 4.78. The van der Waals surface area contributed by atoms with E-state index in [2.05, 4.69) is 79.6 Å².